The zero-order valence-corrected chi connectivity index (χ0v) is 17.1. The third-order valence-corrected chi connectivity index (χ3v) is 8.02. The lowest BCUT2D eigenvalue weighted by molar-refractivity contribution is 0.344. The standard InChI is InChI=1S/C18H23BrN2O3S/c1-12-4-5-13(10-12)11-16-20-17(21-24-16)18(2,3)25(22,23)15-8-6-14(19)7-9-15/h6-9,12-13H,4-5,10-11H2,1-3H3/t12-,13-/m0/s1. The van der Waals surface area contributed by atoms with E-state index < -0.39 is 14.6 Å². The Balaban J connectivity index is 1.83. The van der Waals surface area contributed by atoms with Gasteiger partial charge in [0, 0.05) is 10.9 Å². The van der Waals surface area contributed by atoms with Crippen LogP contribution in [0.4, 0.5) is 0 Å². The second-order valence-electron chi connectivity index (χ2n) is 7.47. The van der Waals surface area contributed by atoms with E-state index in [0.717, 1.165) is 23.2 Å². The topological polar surface area (TPSA) is 73.1 Å². The molecule has 0 bridgehead atoms. The lowest BCUT2D eigenvalue weighted by atomic mass is 10.0. The Hall–Kier alpha value is -1.21. The van der Waals surface area contributed by atoms with Crippen LogP contribution in [0.15, 0.2) is 38.2 Å². The van der Waals surface area contributed by atoms with Crippen molar-refractivity contribution in [2.45, 2.75) is 56.1 Å². The second-order valence-corrected chi connectivity index (χ2v) is 10.9. The van der Waals surface area contributed by atoms with Gasteiger partial charge in [0.2, 0.25) is 5.89 Å². The molecule has 7 heteroatoms. The smallest absolute Gasteiger partial charge is 0.226 e. The predicted molar refractivity (Wildman–Crippen MR) is 98.9 cm³/mol. The number of halogens is 1. The van der Waals surface area contributed by atoms with Crippen LogP contribution in [0.3, 0.4) is 0 Å². The molecule has 0 unspecified atom stereocenters. The number of nitrogens with zero attached hydrogens (tertiary/aromatic N) is 2. The van der Waals surface area contributed by atoms with Crippen LogP contribution in [-0.4, -0.2) is 18.6 Å². The van der Waals surface area contributed by atoms with Gasteiger partial charge in [-0.2, -0.15) is 4.98 Å². The van der Waals surface area contributed by atoms with Crippen molar-refractivity contribution in [2.24, 2.45) is 11.8 Å². The van der Waals surface area contributed by atoms with Crippen LogP contribution >= 0.6 is 15.9 Å². The summed E-state index contributed by atoms with van der Waals surface area (Å²) in [7, 11) is -3.64. The van der Waals surface area contributed by atoms with Gasteiger partial charge in [0.1, 0.15) is 4.75 Å². The van der Waals surface area contributed by atoms with E-state index in [1.165, 1.54) is 12.8 Å². The molecule has 1 aliphatic carbocycles. The van der Waals surface area contributed by atoms with Crippen LogP contribution < -0.4 is 0 Å². The van der Waals surface area contributed by atoms with Gasteiger partial charge in [0.25, 0.3) is 0 Å². The van der Waals surface area contributed by atoms with Gasteiger partial charge in [-0.25, -0.2) is 8.42 Å². The minimum absolute atomic E-state index is 0.219. The Labute approximate surface area is 157 Å². The summed E-state index contributed by atoms with van der Waals surface area (Å²) in [5.74, 6) is 2.04. The highest BCUT2D eigenvalue weighted by atomic mass is 79.9. The molecule has 5 nitrogen and oxygen atoms in total. The van der Waals surface area contributed by atoms with Crippen LogP contribution in [0, 0.1) is 11.8 Å². The van der Waals surface area contributed by atoms with E-state index in [-0.39, 0.29) is 10.7 Å². The highest BCUT2D eigenvalue weighted by molar-refractivity contribution is 9.10. The summed E-state index contributed by atoms with van der Waals surface area (Å²) in [6.07, 6.45) is 4.29. The number of benzene rings is 1. The fourth-order valence-electron chi connectivity index (χ4n) is 3.37. The maximum absolute atomic E-state index is 13.0. The van der Waals surface area contributed by atoms with Gasteiger partial charge in [-0.05, 0) is 62.8 Å². The molecule has 1 aromatic heterocycles. The molecule has 0 aliphatic heterocycles. The van der Waals surface area contributed by atoms with Crippen LogP contribution in [0.1, 0.15) is 51.7 Å². The van der Waals surface area contributed by atoms with Crippen molar-refractivity contribution in [1.82, 2.24) is 10.1 Å². The molecule has 0 N–H and O–H groups in total. The average molecular weight is 427 g/mol. The highest BCUT2D eigenvalue weighted by Gasteiger charge is 2.42. The first-order valence-electron chi connectivity index (χ1n) is 8.53. The number of sulfone groups is 1. The number of aromatic nitrogens is 2. The maximum Gasteiger partial charge on any atom is 0.226 e. The molecule has 0 radical (unpaired) electrons. The zero-order valence-electron chi connectivity index (χ0n) is 14.7. The highest BCUT2D eigenvalue weighted by Crippen LogP contribution is 2.35. The first kappa shape index (κ1) is 18.6. The minimum Gasteiger partial charge on any atom is -0.339 e. The molecule has 1 aliphatic rings. The molecule has 2 atom stereocenters. The second kappa shape index (κ2) is 6.83. The molecular formula is C18H23BrN2O3S. The fraction of sp³-hybridized carbons (Fsp3) is 0.556. The van der Waals surface area contributed by atoms with E-state index in [1.807, 2.05) is 0 Å². The summed E-state index contributed by atoms with van der Waals surface area (Å²) in [4.78, 5) is 4.66. The van der Waals surface area contributed by atoms with Crippen LogP contribution in [0.2, 0.25) is 0 Å². The predicted octanol–water partition coefficient (Wildman–Crippen LogP) is 4.52. The van der Waals surface area contributed by atoms with E-state index in [2.05, 4.69) is 33.0 Å². The zero-order chi connectivity index (χ0) is 18.2. The first-order chi connectivity index (χ1) is 11.7. The largest absolute Gasteiger partial charge is 0.339 e. The van der Waals surface area contributed by atoms with E-state index in [1.54, 1.807) is 38.1 Å². The molecule has 136 valence electrons. The van der Waals surface area contributed by atoms with E-state index in [9.17, 15) is 8.42 Å². The first-order valence-corrected chi connectivity index (χ1v) is 10.8. The summed E-state index contributed by atoms with van der Waals surface area (Å²) in [5, 5.41) is 3.98. The molecule has 0 spiro atoms. The van der Waals surface area contributed by atoms with Crippen molar-refractivity contribution in [2.75, 3.05) is 0 Å². The Morgan fingerprint density at radius 3 is 2.52 bits per heavy atom. The van der Waals surface area contributed by atoms with Crippen LogP contribution in [0.25, 0.3) is 0 Å². The van der Waals surface area contributed by atoms with Gasteiger partial charge in [0.15, 0.2) is 15.7 Å². The Morgan fingerprint density at radius 1 is 1.24 bits per heavy atom. The molecule has 1 saturated carbocycles. The lowest BCUT2D eigenvalue weighted by Crippen LogP contribution is -2.30. The van der Waals surface area contributed by atoms with Gasteiger partial charge in [-0.1, -0.05) is 34.4 Å². The normalized spacial score (nSPS) is 21.6. The number of hydrogen-bond donors (Lipinski definition) is 0. The van der Waals surface area contributed by atoms with Crippen molar-refractivity contribution >= 4 is 25.8 Å². The molecule has 1 heterocycles. The fourth-order valence-corrected chi connectivity index (χ4v) is 5.04. The Kier molecular flexibility index (Phi) is 5.08. The third-order valence-electron chi connectivity index (χ3n) is 5.07. The van der Waals surface area contributed by atoms with Crippen molar-refractivity contribution in [3.63, 3.8) is 0 Å². The van der Waals surface area contributed by atoms with E-state index in [0.29, 0.717) is 11.8 Å². The average Bonchev–Trinajstić information content (AvgIpc) is 3.17. The maximum atomic E-state index is 13.0. The molecule has 1 fully saturated rings. The minimum atomic E-state index is -3.64. The van der Waals surface area contributed by atoms with E-state index >= 15 is 0 Å². The SMILES string of the molecule is C[C@H]1CC[C@H](Cc2nc(C(C)(C)S(=O)(=O)c3ccc(Br)cc3)no2)C1. The number of hydrogen-bond acceptors (Lipinski definition) is 5. The molecule has 0 saturated heterocycles. The number of rotatable bonds is 5. The summed E-state index contributed by atoms with van der Waals surface area (Å²) in [5.41, 5.74) is 0. The molecule has 2 aromatic rings. The van der Waals surface area contributed by atoms with Crippen molar-refractivity contribution < 1.29 is 12.9 Å². The molecule has 0 amide bonds. The van der Waals surface area contributed by atoms with Crippen LogP contribution in [-0.2, 0) is 21.0 Å². The summed E-state index contributed by atoms with van der Waals surface area (Å²) >= 11 is 3.32. The van der Waals surface area contributed by atoms with E-state index in [4.69, 9.17) is 4.52 Å². The molecule has 1 aromatic carbocycles. The lowest BCUT2D eigenvalue weighted by Gasteiger charge is -2.21. The Bertz CT molecular complexity index is 843. The third kappa shape index (κ3) is 3.67. The van der Waals surface area contributed by atoms with Crippen LogP contribution in [0.5, 0.6) is 0 Å². The summed E-state index contributed by atoms with van der Waals surface area (Å²) in [6.45, 7) is 5.50. The Morgan fingerprint density at radius 2 is 1.92 bits per heavy atom. The van der Waals surface area contributed by atoms with Crippen molar-refractivity contribution in [3.05, 3.63) is 40.5 Å². The summed E-state index contributed by atoms with van der Waals surface area (Å²) < 4.78 is 31.0. The quantitative estimate of drug-likeness (QED) is 0.702. The van der Waals surface area contributed by atoms with Crippen molar-refractivity contribution in [3.8, 4) is 0 Å². The molecule has 25 heavy (non-hydrogen) atoms. The molecule has 3 rings (SSSR count). The van der Waals surface area contributed by atoms with Crippen molar-refractivity contribution in [1.29, 1.82) is 0 Å². The van der Waals surface area contributed by atoms with Gasteiger partial charge >= 0.3 is 0 Å². The monoisotopic (exact) mass is 426 g/mol. The van der Waals surface area contributed by atoms with Gasteiger partial charge in [-0.15, -0.1) is 0 Å². The summed E-state index contributed by atoms with van der Waals surface area (Å²) in [6, 6.07) is 6.60. The van der Waals surface area contributed by atoms with Gasteiger partial charge in [0.05, 0.1) is 4.90 Å². The van der Waals surface area contributed by atoms with Gasteiger partial charge < -0.3 is 4.52 Å². The molecular weight excluding hydrogens is 404 g/mol. The van der Waals surface area contributed by atoms with Gasteiger partial charge in [-0.3, -0.25) is 0 Å².